The van der Waals surface area contributed by atoms with Gasteiger partial charge in [-0.15, -0.1) is 0 Å². The van der Waals surface area contributed by atoms with Gasteiger partial charge in [0.15, 0.2) is 0 Å². The first-order valence-electron chi connectivity index (χ1n) is 7.17. The summed E-state index contributed by atoms with van der Waals surface area (Å²) in [4.78, 5) is 10.8. The second-order valence-electron chi connectivity index (χ2n) is 4.91. The molecule has 0 radical (unpaired) electrons. The third kappa shape index (κ3) is 4.69. The lowest BCUT2D eigenvalue weighted by Crippen LogP contribution is -2.22. The van der Waals surface area contributed by atoms with Crippen LogP contribution in [0.15, 0.2) is 36.7 Å². The Balaban J connectivity index is 2.00. The van der Waals surface area contributed by atoms with Crippen molar-refractivity contribution in [3.05, 3.63) is 52.9 Å². The van der Waals surface area contributed by atoms with Crippen LogP contribution in [0, 0.1) is 0 Å². The zero-order valence-electron chi connectivity index (χ0n) is 12.5. The maximum absolute atomic E-state index is 6.18. The molecule has 4 nitrogen and oxygen atoms in total. The summed E-state index contributed by atoms with van der Waals surface area (Å²) >= 11 is 6.18. The number of nitrogens with one attached hydrogen (secondary N) is 1. The number of halogens is 1. The predicted octanol–water partition coefficient (Wildman–Crippen LogP) is 2.92. The molecule has 0 fully saturated rings. The molecule has 0 unspecified atom stereocenters. The first kappa shape index (κ1) is 15.7. The van der Waals surface area contributed by atoms with Crippen molar-refractivity contribution in [2.24, 2.45) is 0 Å². The minimum Gasteiger partial charge on any atom is -0.359 e. The lowest BCUT2D eigenvalue weighted by Gasteiger charge is -2.19. The molecular formula is C16H21ClN4. The van der Waals surface area contributed by atoms with Gasteiger partial charge in [-0.1, -0.05) is 18.5 Å². The minimum absolute atomic E-state index is 0.696. The van der Waals surface area contributed by atoms with E-state index in [9.17, 15) is 0 Å². The molecule has 2 aromatic heterocycles. The first-order valence-corrected chi connectivity index (χ1v) is 7.54. The molecule has 0 aromatic carbocycles. The van der Waals surface area contributed by atoms with Crippen molar-refractivity contribution in [2.45, 2.75) is 19.9 Å². The second kappa shape index (κ2) is 7.96. The van der Waals surface area contributed by atoms with E-state index in [-0.39, 0.29) is 0 Å². The van der Waals surface area contributed by atoms with Crippen molar-refractivity contribution >= 4 is 17.4 Å². The number of pyridine rings is 2. The molecule has 0 aliphatic heterocycles. The molecule has 0 saturated carbocycles. The van der Waals surface area contributed by atoms with Gasteiger partial charge in [0.1, 0.15) is 5.82 Å². The fourth-order valence-corrected chi connectivity index (χ4v) is 2.19. The van der Waals surface area contributed by atoms with E-state index < -0.39 is 0 Å². The summed E-state index contributed by atoms with van der Waals surface area (Å²) in [6.45, 7) is 4.57. The molecule has 0 amide bonds. The van der Waals surface area contributed by atoms with E-state index in [2.05, 4.69) is 34.2 Å². The van der Waals surface area contributed by atoms with E-state index in [1.807, 2.05) is 36.7 Å². The van der Waals surface area contributed by atoms with Gasteiger partial charge < -0.3 is 10.2 Å². The highest BCUT2D eigenvalue weighted by atomic mass is 35.5. The van der Waals surface area contributed by atoms with E-state index in [0.717, 1.165) is 31.0 Å². The summed E-state index contributed by atoms with van der Waals surface area (Å²) in [5.41, 5.74) is 2.17. The zero-order chi connectivity index (χ0) is 15.1. The van der Waals surface area contributed by atoms with Gasteiger partial charge in [0, 0.05) is 32.5 Å². The van der Waals surface area contributed by atoms with Gasteiger partial charge in [-0.25, -0.2) is 4.98 Å². The Labute approximate surface area is 131 Å². The van der Waals surface area contributed by atoms with E-state index >= 15 is 0 Å². The highest BCUT2D eigenvalue weighted by Crippen LogP contribution is 2.19. The molecule has 0 bridgehead atoms. The predicted molar refractivity (Wildman–Crippen MR) is 87.8 cm³/mol. The molecule has 112 valence electrons. The van der Waals surface area contributed by atoms with E-state index in [1.165, 1.54) is 5.56 Å². The lowest BCUT2D eigenvalue weighted by molar-refractivity contribution is 0.708. The fraction of sp³-hybridized carbons (Fsp3) is 0.375. The van der Waals surface area contributed by atoms with Crippen molar-refractivity contribution in [1.29, 1.82) is 0 Å². The molecule has 0 saturated heterocycles. The van der Waals surface area contributed by atoms with E-state index in [1.54, 1.807) is 0 Å². The van der Waals surface area contributed by atoms with Crippen molar-refractivity contribution in [3.63, 3.8) is 0 Å². The molecule has 0 aliphatic rings. The van der Waals surface area contributed by atoms with Crippen LogP contribution >= 0.6 is 11.6 Å². The quantitative estimate of drug-likeness (QED) is 0.854. The summed E-state index contributed by atoms with van der Waals surface area (Å²) in [6.07, 6.45) is 4.61. The normalized spacial score (nSPS) is 10.6. The van der Waals surface area contributed by atoms with Crippen LogP contribution in [0.5, 0.6) is 0 Å². The SMILES string of the molecule is CCNCc1nc(N(C)CCc2ccncc2)ccc1Cl. The number of nitrogens with zero attached hydrogens (tertiary/aromatic N) is 3. The van der Waals surface area contributed by atoms with Gasteiger partial charge in [0.2, 0.25) is 0 Å². The molecule has 1 N–H and O–H groups in total. The average molecular weight is 305 g/mol. The Hall–Kier alpha value is -1.65. The lowest BCUT2D eigenvalue weighted by atomic mass is 10.2. The maximum atomic E-state index is 6.18. The third-order valence-electron chi connectivity index (χ3n) is 3.32. The second-order valence-corrected chi connectivity index (χ2v) is 5.31. The van der Waals surface area contributed by atoms with Crippen molar-refractivity contribution < 1.29 is 0 Å². The Morgan fingerprint density at radius 2 is 1.95 bits per heavy atom. The van der Waals surface area contributed by atoms with Crippen LogP contribution < -0.4 is 10.2 Å². The molecule has 2 heterocycles. The molecule has 0 aliphatic carbocycles. The van der Waals surface area contributed by atoms with Crippen LogP contribution in [0.2, 0.25) is 5.02 Å². The minimum atomic E-state index is 0.696. The monoisotopic (exact) mass is 304 g/mol. The highest BCUT2D eigenvalue weighted by Gasteiger charge is 2.07. The molecule has 21 heavy (non-hydrogen) atoms. The van der Waals surface area contributed by atoms with Crippen LogP contribution in [0.4, 0.5) is 5.82 Å². The largest absolute Gasteiger partial charge is 0.359 e. The van der Waals surface area contributed by atoms with Crippen LogP contribution in [0.3, 0.4) is 0 Å². The van der Waals surface area contributed by atoms with Gasteiger partial charge in [-0.05, 0) is 42.8 Å². The van der Waals surface area contributed by atoms with E-state index in [4.69, 9.17) is 11.6 Å². The molecule has 2 aromatic rings. The van der Waals surface area contributed by atoms with Crippen LogP contribution in [0.25, 0.3) is 0 Å². The van der Waals surface area contributed by atoms with Gasteiger partial charge in [-0.2, -0.15) is 0 Å². The molecule has 2 rings (SSSR count). The molecule has 0 atom stereocenters. The van der Waals surface area contributed by atoms with Crippen LogP contribution in [0.1, 0.15) is 18.2 Å². The van der Waals surface area contributed by atoms with Crippen molar-refractivity contribution in [3.8, 4) is 0 Å². The standard InChI is InChI=1S/C16H21ClN4/c1-3-18-12-15-14(17)4-5-16(20-15)21(2)11-8-13-6-9-19-10-7-13/h4-7,9-10,18H,3,8,11-12H2,1-2H3. The first-order chi connectivity index (χ1) is 10.2. The van der Waals surface area contributed by atoms with Gasteiger partial charge >= 0.3 is 0 Å². The van der Waals surface area contributed by atoms with Crippen molar-refractivity contribution in [1.82, 2.24) is 15.3 Å². The number of hydrogen-bond donors (Lipinski definition) is 1. The zero-order valence-corrected chi connectivity index (χ0v) is 13.3. The summed E-state index contributed by atoms with van der Waals surface area (Å²) in [5.74, 6) is 0.946. The summed E-state index contributed by atoms with van der Waals surface area (Å²) in [5, 5.41) is 3.97. The van der Waals surface area contributed by atoms with Crippen molar-refractivity contribution in [2.75, 3.05) is 25.0 Å². The topological polar surface area (TPSA) is 41.1 Å². The average Bonchev–Trinajstić information content (AvgIpc) is 2.53. The third-order valence-corrected chi connectivity index (χ3v) is 3.67. The molecule has 0 spiro atoms. The Bertz CT molecular complexity index is 559. The number of likely N-dealkylation sites (N-methyl/N-ethyl adjacent to an activating group) is 1. The number of hydrogen-bond acceptors (Lipinski definition) is 4. The molecular weight excluding hydrogens is 284 g/mol. The van der Waals surface area contributed by atoms with Gasteiger partial charge in [0.05, 0.1) is 10.7 Å². The molecule has 5 heteroatoms. The van der Waals surface area contributed by atoms with Crippen LogP contribution in [-0.2, 0) is 13.0 Å². The maximum Gasteiger partial charge on any atom is 0.128 e. The number of aromatic nitrogens is 2. The number of rotatable bonds is 7. The van der Waals surface area contributed by atoms with Gasteiger partial charge in [0.25, 0.3) is 0 Å². The van der Waals surface area contributed by atoms with Gasteiger partial charge in [-0.3, -0.25) is 4.98 Å². The summed E-state index contributed by atoms with van der Waals surface area (Å²) < 4.78 is 0. The Kier molecular flexibility index (Phi) is 5.96. The fourth-order valence-electron chi connectivity index (χ4n) is 2.01. The van der Waals surface area contributed by atoms with Crippen LogP contribution in [-0.4, -0.2) is 30.1 Å². The Morgan fingerprint density at radius 3 is 2.67 bits per heavy atom. The highest BCUT2D eigenvalue weighted by molar-refractivity contribution is 6.31. The number of anilines is 1. The Morgan fingerprint density at radius 1 is 1.19 bits per heavy atom. The van der Waals surface area contributed by atoms with E-state index in [0.29, 0.717) is 11.6 Å². The smallest absolute Gasteiger partial charge is 0.128 e. The summed E-state index contributed by atoms with van der Waals surface area (Å²) in [7, 11) is 2.05. The summed E-state index contributed by atoms with van der Waals surface area (Å²) in [6, 6.07) is 7.96.